The summed E-state index contributed by atoms with van der Waals surface area (Å²) in [6.45, 7) is 4.61. The quantitative estimate of drug-likeness (QED) is 0.509. The number of halogens is 1. The van der Waals surface area contributed by atoms with Gasteiger partial charge in [-0.3, -0.25) is 10.2 Å². The number of carbonyl (C=O) groups is 1. The third-order valence-electron chi connectivity index (χ3n) is 3.60. The molecule has 1 aromatic rings. The zero-order chi connectivity index (χ0) is 15.5. The molecule has 1 aromatic carbocycles. The lowest BCUT2D eigenvalue weighted by atomic mass is 9.95. The molecule has 0 spiro atoms. The van der Waals surface area contributed by atoms with Crippen molar-refractivity contribution >= 4 is 17.5 Å². The first kappa shape index (κ1) is 16.2. The van der Waals surface area contributed by atoms with Crippen molar-refractivity contribution in [1.29, 1.82) is 0 Å². The van der Waals surface area contributed by atoms with E-state index in [-0.39, 0.29) is 6.29 Å². The lowest BCUT2D eigenvalue weighted by molar-refractivity contribution is -0.219. The monoisotopic (exact) mass is 312 g/mol. The molecule has 1 unspecified atom stereocenters. The van der Waals surface area contributed by atoms with Gasteiger partial charge in [-0.2, -0.15) is 0 Å². The third-order valence-corrected chi connectivity index (χ3v) is 3.93. The number of nitrogens with two attached hydrogens (primary N) is 1. The summed E-state index contributed by atoms with van der Waals surface area (Å²) in [7, 11) is 0. The second kappa shape index (κ2) is 6.75. The van der Waals surface area contributed by atoms with Crippen LogP contribution in [-0.4, -0.2) is 18.8 Å². The van der Waals surface area contributed by atoms with Crippen LogP contribution in [0.4, 0.5) is 0 Å². The lowest BCUT2D eigenvalue weighted by Gasteiger charge is -2.33. The molecule has 2 rings (SSSR count). The van der Waals surface area contributed by atoms with E-state index in [1.807, 2.05) is 19.9 Å². The Morgan fingerprint density at radius 1 is 1.48 bits per heavy atom. The van der Waals surface area contributed by atoms with Crippen molar-refractivity contribution in [3.05, 3.63) is 34.3 Å². The molecule has 0 saturated carbocycles. The van der Waals surface area contributed by atoms with Gasteiger partial charge in [0.2, 0.25) is 0 Å². The van der Waals surface area contributed by atoms with Crippen molar-refractivity contribution in [3.8, 4) is 0 Å². The van der Waals surface area contributed by atoms with Gasteiger partial charge in [0.1, 0.15) is 0 Å². The molecule has 6 heteroatoms. The van der Waals surface area contributed by atoms with Gasteiger partial charge in [0.25, 0.3) is 5.91 Å². The number of rotatable bonds is 4. The van der Waals surface area contributed by atoms with E-state index in [1.54, 1.807) is 12.1 Å². The van der Waals surface area contributed by atoms with Crippen LogP contribution in [0.25, 0.3) is 0 Å². The average Bonchev–Trinajstić information content (AvgIpc) is 2.47. The first-order valence-electron chi connectivity index (χ1n) is 7.04. The topological polar surface area (TPSA) is 73.6 Å². The van der Waals surface area contributed by atoms with Gasteiger partial charge in [0.15, 0.2) is 6.29 Å². The minimum atomic E-state index is -0.587. The molecule has 21 heavy (non-hydrogen) atoms. The first-order valence-corrected chi connectivity index (χ1v) is 7.42. The largest absolute Gasteiger partial charge is 0.353 e. The Kier molecular flexibility index (Phi) is 5.22. The molecule has 0 aliphatic carbocycles. The number of hydrogen-bond acceptors (Lipinski definition) is 4. The minimum Gasteiger partial charge on any atom is -0.353 e. The summed E-state index contributed by atoms with van der Waals surface area (Å²) in [5.74, 6) is 4.75. The van der Waals surface area contributed by atoms with Crippen molar-refractivity contribution in [2.24, 2.45) is 5.84 Å². The van der Waals surface area contributed by atoms with Crippen LogP contribution in [0.5, 0.6) is 0 Å². The van der Waals surface area contributed by atoms with E-state index in [0.717, 1.165) is 31.4 Å². The summed E-state index contributed by atoms with van der Waals surface area (Å²) in [4.78, 5) is 11.7. The molecule has 116 valence electrons. The maximum absolute atomic E-state index is 11.7. The summed E-state index contributed by atoms with van der Waals surface area (Å²) in [6, 6.07) is 5.22. The van der Waals surface area contributed by atoms with Gasteiger partial charge in [-0.25, -0.2) is 5.84 Å². The van der Waals surface area contributed by atoms with Gasteiger partial charge >= 0.3 is 0 Å². The van der Waals surface area contributed by atoms with Crippen molar-refractivity contribution < 1.29 is 14.3 Å². The van der Waals surface area contributed by atoms with Crippen molar-refractivity contribution in [1.82, 2.24) is 5.43 Å². The predicted molar refractivity (Wildman–Crippen MR) is 80.8 cm³/mol. The van der Waals surface area contributed by atoms with Crippen LogP contribution in [-0.2, 0) is 15.1 Å². The summed E-state index contributed by atoms with van der Waals surface area (Å²) in [5, 5.41) is 0.353. The molecule has 0 bridgehead atoms. The molecule has 0 aromatic heterocycles. The zero-order valence-electron chi connectivity index (χ0n) is 12.3. The van der Waals surface area contributed by atoms with E-state index in [9.17, 15) is 4.79 Å². The zero-order valence-corrected chi connectivity index (χ0v) is 13.1. The second-order valence-electron chi connectivity index (χ2n) is 5.59. The number of carbonyl (C=O) groups excluding carboxylic acids is 1. The maximum Gasteiger partial charge on any atom is 0.266 e. The summed E-state index contributed by atoms with van der Waals surface area (Å²) in [5.41, 5.74) is 2.68. The molecule has 1 amide bonds. The SMILES string of the molecule is CC(C)(OC1CCCCO1)c1ccc(Cl)c(C(=O)NN)c1. The number of ether oxygens (including phenoxy) is 2. The molecule has 3 N–H and O–H groups in total. The van der Waals surface area contributed by atoms with Gasteiger partial charge in [0, 0.05) is 6.61 Å². The Bertz CT molecular complexity index is 514. The van der Waals surface area contributed by atoms with Crippen molar-refractivity contribution in [2.45, 2.75) is 45.0 Å². The number of amides is 1. The Balaban J connectivity index is 2.20. The van der Waals surface area contributed by atoms with E-state index in [4.69, 9.17) is 26.9 Å². The predicted octanol–water partition coefficient (Wildman–Crippen LogP) is 2.72. The van der Waals surface area contributed by atoms with Gasteiger partial charge in [-0.1, -0.05) is 17.7 Å². The molecule has 1 aliphatic rings. The standard InChI is InChI=1S/C15H21ClN2O3/c1-15(2,21-13-5-3-4-8-20-13)10-6-7-12(16)11(9-10)14(19)18-17/h6-7,9,13H,3-5,8,17H2,1-2H3,(H,18,19). The highest BCUT2D eigenvalue weighted by molar-refractivity contribution is 6.33. The van der Waals surface area contributed by atoms with Crippen LogP contribution in [0.15, 0.2) is 18.2 Å². The Morgan fingerprint density at radius 2 is 2.24 bits per heavy atom. The van der Waals surface area contributed by atoms with E-state index in [0.29, 0.717) is 10.6 Å². The van der Waals surface area contributed by atoms with E-state index < -0.39 is 11.5 Å². The summed E-state index contributed by atoms with van der Waals surface area (Å²) < 4.78 is 11.7. The summed E-state index contributed by atoms with van der Waals surface area (Å²) >= 11 is 6.03. The number of nitrogen functional groups attached to an aromatic ring is 1. The normalized spacial score (nSPS) is 19.3. The molecule has 1 aliphatic heterocycles. The van der Waals surface area contributed by atoms with Gasteiger partial charge in [0.05, 0.1) is 16.2 Å². The molecule has 1 fully saturated rings. The van der Waals surface area contributed by atoms with E-state index in [2.05, 4.69) is 5.43 Å². The number of hydrazine groups is 1. The highest BCUT2D eigenvalue weighted by atomic mass is 35.5. The first-order chi connectivity index (χ1) is 9.94. The fraction of sp³-hybridized carbons (Fsp3) is 0.533. The van der Waals surface area contributed by atoms with Crippen LogP contribution in [0.3, 0.4) is 0 Å². The van der Waals surface area contributed by atoms with Gasteiger partial charge < -0.3 is 9.47 Å². The highest BCUT2D eigenvalue weighted by Gasteiger charge is 2.28. The van der Waals surface area contributed by atoms with Crippen molar-refractivity contribution in [2.75, 3.05) is 6.61 Å². The van der Waals surface area contributed by atoms with E-state index >= 15 is 0 Å². The van der Waals surface area contributed by atoms with Crippen LogP contribution < -0.4 is 11.3 Å². The smallest absolute Gasteiger partial charge is 0.266 e. The Morgan fingerprint density at radius 3 is 2.86 bits per heavy atom. The molecular weight excluding hydrogens is 292 g/mol. The number of benzene rings is 1. The molecule has 1 atom stereocenters. The van der Waals surface area contributed by atoms with Crippen LogP contribution in [0.1, 0.15) is 49.0 Å². The number of nitrogens with one attached hydrogen (secondary N) is 1. The molecular formula is C15H21ClN2O3. The fourth-order valence-electron chi connectivity index (χ4n) is 2.35. The van der Waals surface area contributed by atoms with Gasteiger partial charge in [-0.05, 0) is 50.8 Å². The van der Waals surface area contributed by atoms with Crippen LogP contribution >= 0.6 is 11.6 Å². The fourth-order valence-corrected chi connectivity index (χ4v) is 2.56. The molecule has 5 nitrogen and oxygen atoms in total. The van der Waals surface area contributed by atoms with E-state index in [1.165, 1.54) is 0 Å². The average molecular weight is 313 g/mol. The number of hydrogen-bond donors (Lipinski definition) is 2. The van der Waals surface area contributed by atoms with Crippen LogP contribution in [0, 0.1) is 0 Å². The summed E-state index contributed by atoms with van der Waals surface area (Å²) in [6.07, 6.45) is 2.84. The Hall–Kier alpha value is -1.14. The molecule has 1 heterocycles. The van der Waals surface area contributed by atoms with Crippen LogP contribution in [0.2, 0.25) is 5.02 Å². The lowest BCUT2D eigenvalue weighted by Crippen LogP contribution is -2.33. The minimum absolute atomic E-state index is 0.212. The molecule has 1 saturated heterocycles. The second-order valence-corrected chi connectivity index (χ2v) is 6.00. The molecule has 0 radical (unpaired) electrons. The third kappa shape index (κ3) is 3.95. The highest BCUT2D eigenvalue weighted by Crippen LogP contribution is 2.31. The Labute approximate surface area is 129 Å². The van der Waals surface area contributed by atoms with Gasteiger partial charge in [-0.15, -0.1) is 0 Å². The maximum atomic E-state index is 11.7. The van der Waals surface area contributed by atoms with Crippen molar-refractivity contribution in [3.63, 3.8) is 0 Å².